The fourth-order valence-electron chi connectivity index (χ4n) is 3.09. The van der Waals surface area contributed by atoms with Crippen molar-refractivity contribution in [2.24, 2.45) is 11.8 Å². The molecule has 21 heavy (non-hydrogen) atoms. The first-order chi connectivity index (χ1) is 9.82. The van der Waals surface area contributed by atoms with Crippen molar-refractivity contribution in [3.63, 3.8) is 0 Å². The maximum Gasteiger partial charge on any atom is 0.122 e. The summed E-state index contributed by atoms with van der Waals surface area (Å²) < 4.78 is 12.0. The van der Waals surface area contributed by atoms with E-state index in [9.17, 15) is 0 Å². The van der Waals surface area contributed by atoms with E-state index < -0.39 is 0 Å². The largest absolute Gasteiger partial charge is 0.491 e. The van der Waals surface area contributed by atoms with Gasteiger partial charge >= 0.3 is 0 Å². The van der Waals surface area contributed by atoms with Gasteiger partial charge < -0.3 is 9.47 Å². The molecule has 2 nitrogen and oxygen atoms in total. The maximum atomic E-state index is 6.19. The van der Waals surface area contributed by atoms with Gasteiger partial charge in [0.2, 0.25) is 0 Å². The van der Waals surface area contributed by atoms with Crippen molar-refractivity contribution >= 4 is 0 Å². The van der Waals surface area contributed by atoms with Gasteiger partial charge in [-0.1, -0.05) is 45.9 Å². The third kappa shape index (κ3) is 6.99. The summed E-state index contributed by atoms with van der Waals surface area (Å²) in [4.78, 5) is 0. The molecule has 0 aliphatic carbocycles. The average Bonchev–Trinajstić information content (AvgIpc) is 2.34. The Labute approximate surface area is 130 Å². The molecule has 0 bridgehead atoms. The summed E-state index contributed by atoms with van der Waals surface area (Å²) in [5.74, 6) is 2.24. The van der Waals surface area contributed by atoms with Crippen molar-refractivity contribution in [2.75, 3.05) is 13.2 Å². The lowest BCUT2D eigenvalue weighted by atomic mass is 9.86. The van der Waals surface area contributed by atoms with E-state index in [1.165, 1.54) is 5.56 Å². The number of hydrogen-bond acceptors (Lipinski definition) is 2. The van der Waals surface area contributed by atoms with Crippen LogP contribution < -0.4 is 4.74 Å². The van der Waals surface area contributed by atoms with Crippen molar-refractivity contribution in [2.45, 2.75) is 60.0 Å². The summed E-state index contributed by atoms with van der Waals surface area (Å²) in [6.07, 6.45) is 2.19. The van der Waals surface area contributed by atoms with Crippen LogP contribution in [0.4, 0.5) is 0 Å². The summed E-state index contributed by atoms with van der Waals surface area (Å²) in [6.45, 7) is 14.6. The summed E-state index contributed by atoms with van der Waals surface area (Å²) in [5, 5.41) is 0. The van der Waals surface area contributed by atoms with Crippen LogP contribution in [0.5, 0.6) is 5.75 Å². The van der Waals surface area contributed by atoms with E-state index in [2.05, 4.69) is 47.6 Å². The van der Waals surface area contributed by atoms with Crippen LogP contribution in [-0.4, -0.2) is 18.8 Å². The van der Waals surface area contributed by atoms with Crippen LogP contribution >= 0.6 is 0 Å². The molecular formula is C19H32O2. The first-order valence-electron chi connectivity index (χ1n) is 8.15. The Morgan fingerprint density at radius 1 is 0.952 bits per heavy atom. The van der Waals surface area contributed by atoms with E-state index in [0.717, 1.165) is 18.6 Å². The number of aryl methyl sites for hydroxylation is 1. The minimum Gasteiger partial charge on any atom is -0.491 e. The Morgan fingerprint density at radius 2 is 1.52 bits per heavy atom. The van der Waals surface area contributed by atoms with E-state index >= 15 is 0 Å². The first kappa shape index (κ1) is 18.0. The number of ether oxygens (including phenoxy) is 2. The monoisotopic (exact) mass is 292 g/mol. The molecule has 1 rings (SSSR count). The van der Waals surface area contributed by atoms with Crippen molar-refractivity contribution in [1.29, 1.82) is 0 Å². The van der Waals surface area contributed by atoms with Crippen LogP contribution in [0.1, 0.15) is 53.0 Å². The number of rotatable bonds is 9. The van der Waals surface area contributed by atoms with Crippen LogP contribution in [0.2, 0.25) is 0 Å². The molecule has 2 heteroatoms. The minimum absolute atomic E-state index is 0.0442. The van der Waals surface area contributed by atoms with Crippen LogP contribution in [0.15, 0.2) is 24.3 Å². The summed E-state index contributed by atoms with van der Waals surface area (Å²) in [5.41, 5.74) is 1.13. The highest BCUT2D eigenvalue weighted by atomic mass is 16.5. The molecule has 0 aromatic heterocycles. The topological polar surface area (TPSA) is 18.5 Å². The second-order valence-electron chi connectivity index (χ2n) is 7.11. The molecule has 0 spiro atoms. The molecule has 0 atom stereocenters. The van der Waals surface area contributed by atoms with Gasteiger partial charge in [0.25, 0.3) is 0 Å². The highest BCUT2D eigenvalue weighted by molar-refractivity contribution is 5.31. The zero-order valence-corrected chi connectivity index (χ0v) is 14.6. The van der Waals surface area contributed by atoms with E-state index in [0.29, 0.717) is 25.0 Å². The van der Waals surface area contributed by atoms with E-state index in [-0.39, 0.29) is 5.60 Å². The van der Waals surface area contributed by atoms with Gasteiger partial charge in [0, 0.05) is 0 Å². The molecule has 0 N–H and O–H groups in total. The highest BCUT2D eigenvalue weighted by Gasteiger charge is 2.27. The molecule has 0 radical (unpaired) electrons. The number of para-hydroxylation sites is 1. The smallest absolute Gasteiger partial charge is 0.122 e. The van der Waals surface area contributed by atoms with Crippen molar-refractivity contribution in [3.8, 4) is 5.75 Å². The molecule has 0 saturated heterocycles. The molecule has 0 fully saturated rings. The third-order valence-corrected chi connectivity index (χ3v) is 3.57. The average molecular weight is 292 g/mol. The van der Waals surface area contributed by atoms with Crippen LogP contribution in [0.25, 0.3) is 0 Å². The number of benzene rings is 1. The van der Waals surface area contributed by atoms with Gasteiger partial charge in [-0.05, 0) is 50.2 Å². The first-order valence-corrected chi connectivity index (χ1v) is 8.15. The molecule has 0 aliphatic rings. The highest BCUT2D eigenvalue weighted by Crippen LogP contribution is 2.28. The van der Waals surface area contributed by atoms with Crippen LogP contribution in [-0.2, 0) is 4.74 Å². The third-order valence-electron chi connectivity index (χ3n) is 3.57. The van der Waals surface area contributed by atoms with Crippen molar-refractivity contribution in [3.05, 3.63) is 29.8 Å². The van der Waals surface area contributed by atoms with Crippen LogP contribution in [0, 0.1) is 18.8 Å². The Kier molecular flexibility index (Phi) is 7.24. The Morgan fingerprint density at radius 3 is 2.05 bits per heavy atom. The Bertz CT molecular complexity index is 400. The zero-order valence-electron chi connectivity index (χ0n) is 14.6. The minimum atomic E-state index is -0.0442. The summed E-state index contributed by atoms with van der Waals surface area (Å²) >= 11 is 0. The fourth-order valence-corrected chi connectivity index (χ4v) is 3.09. The second kappa shape index (κ2) is 8.43. The Hall–Kier alpha value is -1.02. The van der Waals surface area contributed by atoms with Gasteiger partial charge in [0.1, 0.15) is 12.4 Å². The molecular weight excluding hydrogens is 260 g/mol. The molecule has 1 aromatic rings. The lowest BCUT2D eigenvalue weighted by Crippen LogP contribution is -2.34. The molecule has 0 amide bonds. The maximum absolute atomic E-state index is 6.19. The fraction of sp³-hybridized carbons (Fsp3) is 0.684. The predicted octanol–water partition coefficient (Wildman–Crippen LogP) is 5.24. The summed E-state index contributed by atoms with van der Waals surface area (Å²) in [6, 6.07) is 8.11. The van der Waals surface area contributed by atoms with Gasteiger partial charge in [-0.3, -0.25) is 0 Å². The lowest BCUT2D eigenvalue weighted by Gasteiger charge is -2.33. The van der Waals surface area contributed by atoms with Crippen LogP contribution in [0.3, 0.4) is 0 Å². The van der Waals surface area contributed by atoms with Gasteiger partial charge in [-0.15, -0.1) is 0 Å². The Balaban J connectivity index is 2.44. The van der Waals surface area contributed by atoms with E-state index in [1.807, 2.05) is 18.2 Å². The van der Waals surface area contributed by atoms with Crippen molar-refractivity contribution < 1.29 is 9.47 Å². The molecule has 0 saturated carbocycles. The summed E-state index contributed by atoms with van der Waals surface area (Å²) in [7, 11) is 0. The van der Waals surface area contributed by atoms with Gasteiger partial charge in [-0.2, -0.15) is 0 Å². The molecule has 120 valence electrons. The van der Waals surface area contributed by atoms with Gasteiger partial charge in [0.05, 0.1) is 12.2 Å². The molecule has 1 aromatic carbocycles. The van der Waals surface area contributed by atoms with E-state index in [1.54, 1.807) is 0 Å². The quantitative estimate of drug-likeness (QED) is 0.579. The molecule has 0 heterocycles. The van der Waals surface area contributed by atoms with E-state index in [4.69, 9.17) is 9.47 Å². The molecule has 0 aliphatic heterocycles. The zero-order chi connectivity index (χ0) is 15.9. The van der Waals surface area contributed by atoms with Crippen molar-refractivity contribution in [1.82, 2.24) is 0 Å². The SMILES string of the molecule is Cc1ccccc1OCCOC(C)(CC(C)C)CC(C)C. The van der Waals surface area contributed by atoms with Gasteiger partial charge in [-0.25, -0.2) is 0 Å². The van der Waals surface area contributed by atoms with Gasteiger partial charge in [0.15, 0.2) is 0 Å². The normalized spacial score (nSPS) is 12.2. The lowest BCUT2D eigenvalue weighted by molar-refractivity contribution is -0.0672. The number of hydrogen-bond donors (Lipinski definition) is 0. The predicted molar refractivity (Wildman–Crippen MR) is 89.9 cm³/mol. The standard InChI is InChI=1S/C19H32O2/c1-15(2)13-19(6,14-16(3)4)21-12-11-20-18-10-8-7-9-17(18)5/h7-10,15-16H,11-14H2,1-6H3. The molecule has 0 unspecified atom stereocenters. The second-order valence-corrected chi connectivity index (χ2v) is 7.11.